The second-order valence-corrected chi connectivity index (χ2v) is 5.45. The first-order chi connectivity index (χ1) is 10.2. The van der Waals surface area contributed by atoms with Crippen molar-refractivity contribution in [2.45, 2.75) is 25.8 Å². The van der Waals surface area contributed by atoms with E-state index in [-0.39, 0.29) is 12.2 Å². The summed E-state index contributed by atoms with van der Waals surface area (Å²) in [6.45, 7) is 2.10. The number of halogens is 1. The van der Waals surface area contributed by atoms with E-state index in [1.807, 2.05) is 0 Å². The van der Waals surface area contributed by atoms with E-state index in [1.165, 1.54) is 17.3 Å². The third kappa shape index (κ3) is 3.21. The molecule has 0 N–H and O–H groups in total. The lowest BCUT2D eigenvalue weighted by molar-refractivity contribution is 0.561. The molecule has 0 amide bonds. The molecule has 1 aliphatic rings. The maximum atomic E-state index is 12.1. The van der Waals surface area contributed by atoms with Crippen LogP contribution in [0.15, 0.2) is 29.5 Å². The summed E-state index contributed by atoms with van der Waals surface area (Å²) in [5, 5.41) is 0.532. The second-order valence-electron chi connectivity index (χ2n) is 5.05. The van der Waals surface area contributed by atoms with Gasteiger partial charge in [-0.05, 0) is 31.4 Å². The predicted octanol–water partition coefficient (Wildman–Crippen LogP) is 1.73. The van der Waals surface area contributed by atoms with Crippen molar-refractivity contribution in [1.82, 2.24) is 19.5 Å². The molecule has 3 heterocycles. The Hall–Kier alpha value is -1.95. The molecule has 0 aliphatic carbocycles. The Morgan fingerprint density at radius 1 is 1.19 bits per heavy atom. The topological polar surface area (TPSA) is 63.9 Å². The van der Waals surface area contributed by atoms with Crippen molar-refractivity contribution in [2.75, 3.05) is 18.0 Å². The molecule has 110 valence electrons. The van der Waals surface area contributed by atoms with Crippen LogP contribution in [0, 0.1) is 0 Å². The van der Waals surface area contributed by atoms with Crippen molar-refractivity contribution in [2.24, 2.45) is 0 Å². The number of nitrogens with zero attached hydrogens (tertiary/aromatic N) is 5. The highest BCUT2D eigenvalue weighted by molar-refractivity contribution is 6.31. The summed E-state index contributed by atoms with van der Waals surface area (Å²) in [6.07, 6.45) is 6.64. The van der Waals surface area contributed by atoms with Gasteiger partial charge in [-0.15, -0.1) is 0 Å². The quantitative estimate of drug-likeness (QED) is 0.864. The van der Waals surface area contributed by atoms with E-state index >= 15 is 0 Å². The molecule has 1 saturated heterocycles. The minimum Gasteiger partial charge on any atom is -0.341 e. The van der Waals surface area contributed by atoms with Gasteiger partial charge in [-0.1, -0.05) is 11.6 Å². The third-order valence-electron chi connectivity index (χ3n) is 3.55. The van der Waals surface area contributed by atoms with Gasteiger partial charge in [0.2, 0.25) is 5.95 Å². The van der Waals surface area contributed by atoms with Gasteiger partial charge in [-0.25, -0.2) is 9.78 Å². The molecule has 0 saturated carbocycles. The van der Waals surface area contributed by atoms with Crippen molar-refractivity contribution in [3.05, 3.63) is 45.9 Å². The number of piperidine rings is 1. The van der Waals surface area contributed by atoms with E-state index in [2.05, 4.69) is 19.9 Å². The Morgan fingerprint density at radius 2 is 2.00 bits per heavy atom. The summed E-state index contributed by atoms with van der Waals surface area (Å²) in [5.74, 6) is 0.517. The van der Waals surface area contributed by atoms with Crippen LogP contribution < -0.4 is 10.6 Å². The highest BCUT2D eigenvalue weighted by Crippen LogP contribution is 2.14. The molecule has 21 heavy (non-hydrogen) atoms. The van der Waals surface area contributed by atoms with Crippen LogP contribution in [0.25, 0.3) is 0 Å². The van der Waals surface area contributed by atoms with E-state index < -0.39 is 0 Å². The molecule has 1 fully saturated rings. The lowest BCUT2D eigenvalue weighted by atomic mass is 10.1. The number of hydrogen-bond acceptors (Lipinski definition) is 5. The molecule has 7 heteroatoms. The minimum absolute atomic E-state index is 0.277. The maximum Gasteiger partial charge on any atom is 0.352 e. The fraction of sp³-hybridized carbons (Fsp3) is 0.429. The van der Waals surface area contributed by atoms with Gasteiger partial charge in [-0.3, -0.25) is 9.55 Å². The zero-order chi connectivity index (χ0) is 14.7. The van der Waals surface area contributed by atoms with Crippen molar-refractivity contribution in [3.63, 3.8) is 0 Å². The fourth-order valence-corrected chi connectivity index (χ4v) is 2.58. The Balaban J connectivity index is 1.81. The van der Waals surface area contributed by atoms with Gasteiger partial charge in [0.05, 0.1) is 17.3 Å². The standard InChI is InChI=1S/C14H16ClN5O/c15-11-5-4-6-16-12(11)9-20-10-17-13(18-14(20)21)19-7-2-1-3-8-19/h4-6,10H,1-3,7-9H2. The molecule has 0 spiro atoms. The molecule has 2 aromatic rings. The van der Waals surface area contributed by atoms with Crippen LogP contribution in [0.1, 0.15) is 25.0 Å². The SMILES string of the molecule is O=c1nc(N2CCCCC2)ncn1Cc1ncccc1Cl. The van der Waals surface area contributed by atoms with Crippen LogP contribution in [0.5, 0.6) is 0 Å². The molecule has 0 unspecified atom stereocenters. The molecule has 2 aromatic heterocycles. The van der Waals surface area contributed by atoms with E-state index in [9.17, 15) is 4.79 Å². The summed E-state index contributed by atoms with van der Waals surface area (Å²) >= 11 is 6.05. The van der Waals surface area contributed by atoms with Gasteiger partial charge in [0.25, 0.3) is 0 Å². The van der Waals surface area contributed by atoms with Crippen LogP contribution in [-0.2, 0) is 6.54 Å². The second kappa shape index (κ2) is 6.22. The summed E-state index contributed by atoms with van der Waals surface area (Å²) < 4.78 is 1.42. The Bertz CT molecular complexity index is 681. The molecule has 0 atom stereocenters. The van der Waals surface area contributed by atoms with Gasteiger partial charge in [0.15, 0.2) is 0 Å². The number of hydrogen-bond donors (Lipinski definition) is 0. The molecule has 3 rings (SSSR count). The molecule has 0 aromatic carbocycles. The van der Waals surface area contributed by atoms with Gasteiger partial charge >= 0.3 is 5.69 Å². The van der Waals surface area contributed by atoms with Crippen molar-refractivity contribution < 1.29 is 0 Å². The van der Waals surface area contributed by atoms with E-state index in [0.29, 0.717) is 16.7 Å². The van der Waals surface area contributed by atoms with Crippen LogP contribution >= 0.6 is 11.6 Å². The monoisotopic (exact) mass is 305 g/mol. The molecule has 0 bridgehead atoms. The van der Waals surface area contributed by atoms with Crippen LogP contribution in [0.3, 0.4) is 0 Å². The zero-order valence-corrected chi connectivity index (χ0v) is 12.3. The van der Waals surface area contributed by atoms with Crippen LogP contribution in [0.2, 0.25) is 5.02 Å². The summed E-state index contributed by atoms with van der Waals surface area (Å²) in [7, 11) is 0. The lowest BCUT2D eigenvalue weighted by Gasteiger charge is -2.26. The smallest absolute Gasteiger partial charge is 0.341 e. The van der Waals surface area contributed by atoms with Crippen LogP contribution in [0.4, 0.5) is 5.95 Å². The number of aromatic nitrogens is 4. The Kier molecular flexibility index (Phi) is 4.15. The predicted molar refractivity (Wildman–Crippen MR) is 80.7 cm³/mol. The first kappa shape index (κ1) is 14.0. The average Bonchev–Trinajstić information content (AvgIpc) is 2.52. The summed E-state index contributed by atoms with van der Waals surface area (Å²) in [6, 6.07) is 3.50. The zero-order valence-electron chi connectivity index (χ0n) is 11.6. The van der Waals surface area contributed by atoms with Gasteiger partial charge in [0, 0.05) is 19.3 Å². The molecule has 1 aliphatic heterocycles. The van der Waals surface area contributed by atoms with Crippen LogP contribution in [-0.4, -0.2) is 32.6 Å². The maximum absolute atomic E-state index is 12.1. The molecule has 6 nitrogen and oxygen atoms in total. The highest BCUT2D eigenvalue weighted by atomic mass is 35.5. The van der Waals surface area contributed by atoms with Gasteiger partial charge in [-0.2, -0.15) is 4.98 Å². The van der Waals surface area contributed by atoms with E-state index in [0.717, 1.165) is 25.9 Å². The van der Waals surface area contributed by atoms with E-state index in [1.54, 1.807) is 18.3 Å². The molecule has 0 radical (unpaired) electrons. The highest BCUT2D eigenvalue weighted by Gasteiger charge is 2.14. The van der Waals surface area contributed by atoms with Crippen molar-refractivity contribution in [1.29, 1.82) is 0 Å². The number of anilines is 1. The average molecular weight is 306 g/mol. The van der Waals surface area contributed by atoms with Crippen molar-refractivity contribution in [3.8, 4) is 0 Å². The van der Waals surface area contributed by atoms with E-state index in [4.69, 9.17) is 11.6 Å². The molecular weight excluding hydrogens is 290 g/mol. The molecular formula is C14H16ClN5O. The first-order valence-electron chi connectivity index (χ1n) is 7.02. The number of pyridine rings is 1. The summed E-state index contributed by atoms with van der Waals surface area (Å²) in [5.41, 5.74) is 0.308. The van der Waals surface area contributed by atoms with Gasteiger partial charge in [0.1, 0.15) is 6.33 Å². The number of rotatable bonds is 3. The Labute approximate surface area is 127 Å². The largest absolute Gasteiger partial charge is 0.352 e. The first-order valence-corrected chi connectivity index (χ1v) is 7.39. The lowest BCUT2D eigenvalue weighted by Crippen LogP contribution is -2.34. The fourth-order valence-electron chi connectivity index (χ4n) is 2.40. The Morgan fingerprint density at radius 3 is 2.71 bits per heavy atom. The van der Waals surface area contributed by atoms with Crippen molar-refractivity contribution >= 4 is 17.5 Å². The summed E-state index contributed by atoms with van der Waals surface area (Å²) in [4.78, 5) is 26.7. The van der Waals surface area contributed by atoms with Gasteiger partial charge < -0.3 is 4.90 Å². The normalized spacial score (nSPS) is 15.2. The third-order valence-corrected chi connectivity index (χ3v) is 3.89. The minimum atomic E-state index is -0.327.